The fourth-order valence-corrected chi connectivity index (χ4v) is 4.88. The molecule has 2 aromatic carbocycles. The minimum absolute atomic E-state index is 0.239. The summed E-state index contributed by atoms with van der Waals surface area (Å²) in [6, 6.07) is 16.2. The monoisotopic (exact) mass is 516 g/mol. The van der Waals surface area contributed by atoms with Crippen molar-refractivity contribution >= 4 is 69.1 Å². The summed E-state index contributed by atoms with van der Waals surface area (Å²) >= 11 is 13.6. The molecule has 3 aromatic rings. The van der Waals surface area contributed by atoms with Crippen molar-refractivity contribution in [2.45, 2.75) is 6.61 Å². The Morgan fingerprint density at radius 1 is 1.18 bits per heavy atom. The molecule has 33 heavy (non-hydrogen) atoms. The zero-order chi connectivity index (χ0) is 23.4. The van der Waals surface area contributed by atoms with Gasteiger partial charge in [-0.05, 0) is 53.5 Å². The topological polar surface area (TPSA) is 67.9 Å². The number of carbonyl (C=O) groups is 2. The number of nitrogens with one attached hydrogen (secondary N) is 1. The Morgan fingerprint density at radius 2 is 1.97 bits per heavy atom. The highest BCUT2D eigenvalue weighted by Crippen LogP contribution is 2.37. The van der Waals surface area contributed by atoms with Gasteiger partial charge in [-0.25, -0.2) is 0 Å². The van der Waals surface area contributed by atoms with Crippen LogP contribution in [0.15, 0.2) is 64.9 Å². The smallest absolute Gasteiger partial charge is 0.285 e. The van der Waals surface area contributed by atoms with Gasteiger partial charge in [0.25, 0.3) is 11.8 Å². The number of hydrogen-bond donors (Lipinski definition) is 1. The average molecular weight is 517 g/mol. The molecular weight excluding hydrogens is 500 g/mol. The highest BCUT2D eigenvalue weighted by Gasteiger charge is 2.34. The number of benzene rings is 2. The van der Waals surface area contributed by atoms with Crippen molar-refractivity contribution in [2.75, 3.05) is 7.11 Å². The first-order valence-electron chi connectivity index (χ1n) is 9.63. The van der Waals surface area contributed by atoms with Crippen molar-refractivity contribution in [3.8, 4) is 11.5 Å². The van der Waals surface area contributed by atoms with E-state index in [1.165, 1.54) is 11.3 Å². The molecule has 0 saturated carbocycles. The normalized spacial score (nSPS) is 14.6. The molecule has 0 unspecified atom stereocenters. The van der Waals surface area contributed by atoms with Crippen molar-refractivity contribution in [3.63, 3.8) is 0 Å². The van der Waals surface area contributed by atoms with E-state index in [9.17, 15) is 9.59 Å². The van der Waals surface area contributed by atoms with Crippen LogP contribution < -0.4 is 14.9 Å². The number of hydrogen-bond acceptors (Lipinski definition) is 7. The zero-order valence-electron chi connectivity index (χ0n) is 17.2. The molecule has 1 aliphatic heterocycles. The summed E-state index contributed by atoms with van der Waals surface area (Å²) < 4.78 is 11.8. The van der Waals surface area contributed by atoms with E-state index < -0.39 is 11.8 Å². The van der Waals surface area contributed by atoms with Crippen molar-refractivity contribution in [1.29, 1.82) is 0 Å². The Morgan fingerprint density at radius 3 is 2.67 bits per heavy atom. The van der Waals surface area contributed by atoms with Crippen LogP contribution in [-0.2, 0) is 11.4 Å². The average Bonchev–Trinajstić information content (AvgIpc) is 3.44. The molecule has 168 valence electrons. The number of amides is 2. The van der Waals surface area contributed by atoms with Crippen LogP contribution in [0.25, 0.3) is 6.08 Å². The fraction of sp³-hybridized carbons (Fsp3) is 0.0870. The van der Waals surface area contributed by atoms with Crippen molar-refractivity contribution in [1.82, 2.24) is 10.4 Å². The van der Waals surface area contributed by atoms with Gasteiger partial charge in [0, 0.05) is 10.6 Å². The Balaban J connectivity index is 1.56. The second-order valence-electron chi connectivity index (χ2n) is 6.73. The van der Waals surface area contributed by atoms with Gasteiger partial charge in [0.05, 0.1) is 16.9 Å². The lowest BCUT2D eigenvalue weighted by atomic mass is 10.1. The lowest BCUT2D eigenvalue weighted by Crippen LogP contribution is -2.44. The van der Waals surface area contributed by atoms with Gasteiger partial charge in [0.15, 0.2) is 15.8 Å². The van der Waals surface area contributed by atoms with Gasteiger partial charge < -0.3 is 9.47 Å². The summed E-state index contributed by atoms with van der Waals surface area (Å²) in [5.41, 5.74) is 4.15. The molecule has 0 spiro atoms. The number of thioether (sulfide) groups is 1. The van der Waals surface area contributed by atoms with Gasteiger partial charge in [-0.15, -0.1) is 11.3 Å². The first kappa shape index (κ1) is 23.3. The molecular formula is C23H17ClN2O4S3. The largest absolute Gasteiger partial charge is 0.493 e. The van der Waals surface area contributed by atoms with Gasteiger partial charge in [-0.3, -0.25) is 15.0 Å². The number of thiophene rings is 1. The molecule has 1 aliphatic rings. The summed E-state index contributed by atoms with van der Waals surface area (Å²) in [6.07, 6.45) is 1.68. The van der Waals surface area contributed by atoms with Crippen LogP contribution in [0.4, 0.5) is 0 Å². The Bertz CT molecular complexity index is 1230. The van der Waals surface area contributed by atoms with E-state index in [0.29, 0.717) is 31.9 Å². The van der Waals surface area contributed by atoms with Gasteiger partial charge in [-0.1, -0.05) is 53.7 Å². The molecule has 4 rings (SSSR count). The summed E-state index contributed by atoms with van der Waals surface area (Å²) in [6.45, 7) is 0.288. The van der Waals surface area contributed by atoms with Crippen LogP contribution in [0.5, 0.6) is 11.5 Å². The standard InChI is InChI=1S/C23H17ClN2O4S3/c1-29-17-5-2-4-15(20(17)30-13-14-7-9-16(24)10-8-14)12-19-22(28)26(23(31)33-19)25-21(27)18-6-3-11-32-18/h2-12H,13H2,1H3,(H,25,27)/b19-12+. The van der Waals surface area contributed by atoms with Crippen LogP contribution >= 0.6 is 46.9 Å². The number of thiocarbonyl (C=S) groups is 1. The Kier molecular flexibility index (Phi) is 7.34. The number of ether oxygens (including phenoxy) is 2. The van der Waals surface area contributed by atoms with E-state index in [2.05, 4.69) is 5.43 Å². The number of nitrogens with zero attached hydrogens (tertiary/aromatic N) is 1. The number of hydrazine groups is 1. The highest BCUT2D eigenvalue weighted by molar-refractivity contribution is 8.26. The molecule has 1 N–H and O–H groups in total. The molecule has 1 fully saturated rings. The van der Waals surface area contributed by atoms with Gasteiger partial charge >= 0.3 is 0 Å². The van der Waals surface area contributed by atoms with Gasteiger partial charge in [0.2, 0.25) is 0 Å². The molecule has 2 heterocycles. The lowest BCUT2D eigenvalue weighted by Gasteiger charge is -2.15. The first-order chi connectivity index (χ1) is 16.0. The van der Waals surface area contributed by atoms with E-state index in [1.54, 1.807) is 55.0 Å². The summed E-state index contributed by atoms with van der Waals surface area (Å²) in [7, 11) is 1.55. The van der Waals surface area contributed by atoms with Crippen LogP contribution in [0, 0.1) is 0 Å². The van der Waals surface area contributed by atoms with E-state index in [-0.39, 0.29) is 10.9 Å². The van der Waals surface area contributed by atoms with Crippen molar-refractivity contribution in [2.24, 2.45) is 0 Å². The van der Waals surface area contributed by atoms with Crippen molar-refractivity contribution < 1.29 is 19.1 Å². The van der Waals surface area contributed by atoms with Crippen molar-refractivity contribution in [3.05, 3.63) is 85.9 Å². The molecule has 6 nitrogen and oxygen atoms in total. The van der Waals surface area contributed by atoms with E-state index in [4.69, 9.17) is 33.3 Å². The maximum Gasteiger partial charge on any atom is 0.285 e. The van der Waals surface area contributed by atoms with Crippen LogP contribution in [0.3, 0.4) is 0 Å². The predicted molar refractivity (Wildman–Crippen MR) is 136 cm³/mol. The highest BCUT2D eigenvalue weighted by atomic mass is 35.5. The maximum atomic E-state index is 13.0. The quantitative estimate of drug-likeness (QED) is 0.329. The molecule has 1 saturated heterocycles. The van der Waals surface area contributed by atoms with Gasteiger partial charge in [0.1, 0.15) is 6.61 Å². The molecule has 0 aliphatic carbocycles. The number of para-hydroxylation sites is 1. The third-order valence-corrected chi connectivity index (χ3v) is 6.99. The Hall–Kier alpha value is -2.85. The molecule has 2 amide bonds. The summed E-state index contributed by atoms with van der Waals surface area (Å²) in [5.74, 6) is 0.208. The minimum Gasteiger partial charge on any atom is -0.493 e. The number of methoxy groups -OCH3 is 1. The maximum absolute atomic E-state index is 13.0. The fourth-order valence-electron chi connectivity index (χ4n) is 2.97. The van der Waals surface area contributed by atoms with Crippen LogP contribution in [-0.4, -0.2) is 28.3 Å². The molecule has 0 atom stereocenters. The minimum atomic E-state index is -0.415. The third kappa shape index (κ3) is 5.39. The molecule has 0 radical (unpaired) electrons. The zero-order valence-corrected chi connectivity index (χ0v) is 20.4. The number of carbonyl (C=O) groups excluding carboxylic acids is 2. The van der Waals surface area contributed by atoms with E-state index in [1.807, 2.05) is 18.2 Å². The second kappa shape index (κ2) is 10.4. The van der Waals surface area contributed by atoms with Crippen LogP contribution in [0.2, 0.25) is 5.02 Å². The number of rotatable bonds is 7. The third-order valence-electron chi connectivity index (χ3n) is 4.56. The Labute approximate surface area is 209 Å². The predicted octanol–water partition coefficient (Wildman–Crippen LogP) is 5.54. The molecule has 10 heteroatoms. The van der Waals surface area contributed by atoms with Gasteiger partial charge in [-0.2, -0.15) is 5.01 Å². The van der Waals surface area contributed by atoms with Crippen LogP contribution in [0.1, 0.15) is 20.8 Å². The van der Waals surface area contributed by atoms with E-state index >= 15 is 0 Å². The first-order valence-corrected chi connectivity index (χ1v) is 12.1. The van der Waals surface area contributed by atoms with E-state index in [0.717, 1.165) is 22.3 Å². The lowest BCUT2D eigenvalue weighted by molar-refractivity contribution is -0.123. The summed E-state index contributed by atoms with van der Waals surface area (Å²) in [4.78, 5) is 26.2. The molecule has 0 bridgehead atoms. The second-order valence-corrected chi connectivity index (χ2v) is 9.79. The number of halogens is 1. The SMILES string of the molecule is COc1cccc(/C=C2/SC(=S)N(NC(=O)c3cccs3)C2=O)c1OCc1ccc(Cl)cc1. The molecule has 1 aromatic heterocycles. The summed E-state index contributed by atoms with van der Waals surface area (Å²) in [5, 5.41) is 3.51.